The molecule has 0 saturated heterocycles. The van der Waals surface area contributed by atoms with E-state index >= 15 is 8.78 Å². The maximum atomic E-state index is 16.3. The summed E-state index contributed by atoms with van der Waals surface area (Å²) < 4.78 is 43.0. The highest BCUT2D eigenvalue weighted by Gasteiger charge is 2.47. The van der Waals surface area contributed by atoms with Crippen LogP contribution >= 0.6 is 0 Å². The van der Waals surface area contributed by atoms with Gasteiger partial charge in [-0.3, -0.25) is 14.2 Å². The zero-order valence-corrected chi connectivity index (χ0v) is 18.2. The smallest absolute Gasteiger partial charge is 0.315 e. The molecule has 0 spiro atoms. The van der Waals surface area contributed by atoms with Gasteiger partial charge in [-0.15, -0.1) is 0 Å². The average molecular weight is 466 g/mol. The molecule has 174 valence electrons. The minimum atomic E-state index is -3.69. The summed E-state index contributed by atoms with van der Waals surface area (Å²) in [6.07, 6.45) is 2.35. The third-order valence-corrected chi connectivity index (χ3v) is 5.29. The molecule has 0 aliphatic heterocycles. The third kappa shape index (κ3) is 4.17. The van der Waals surface area contributed by atoms with Crippen molar-refractivity contribution in [2.75, 3.05) is 12.4 Å². The Labute approximate surface area is 192 Å². The van der Waals surface area contributed by atoms with Gasteiger partial charge < -0.3 is 14.6 Å². The predicted octanol–water partition coefficient (Wildman–Crippen LogP) is 3.95. The first kappa shape index (κ1) is 22.8. The number of ether oxygens (including phenoxy) is 1. The molecule has 1 N–H and O–H groups in total. The minimum absolute atomic E-state index is 0.161. The van der Waals surface area contributed by atoms with Gasteiger partial charge in [0.25, 0.3) is 11.5 Å². The molecule has 0 bridgehead atoms. The number of hydrogen-bond donors (Lipinski definition) is 1. The van der Waals surface area contributed by atoms with Crippen molar-refractivity contribution in [2.24, 2.45) is 7.05 Å². The predicted molar refractivity (Wildman–Crippen MR) is 119 cm³/mol. The van der Waals surface area contributed by atoms with Crippen LogP contribution in [0.3, 0.4) is 0 Å². The van der Waals surface area contributed by atoms with Crippen LogP contribution in [0.1, 0.15) is 33.4 Å². The third-order valence-electron chi connectivity index (χ3n) is 5.29. The molecule has 34 heavy (non-hydrogen) atoms. The quantitative estimate of drug-likeness (QED) is 0.443. The Hall–Kier alpha value is -4.34. The van der Waals surface area contributed by atoms with Crippen LogP contribution in [0.4, 0.5) is 14.5 Å². The molecule has 0 aliphatic carbocycles. The fraction of sp³-hybridized carbons (Fsp3) is 0.167. The van der Waals surface area contributed by atoms with Crippen molar-refractivity contribution in [2.45, 2.75) is 11.8 Å². The monoisotopic (exact) mass is 466 g/mol. The lowest BCUT2D eigenvalue weighted by molar-refractivity contribution is -0.0349. The van der Waals surface area contributed by atoms with Crippen LogP contribution < -0.4 is 15.6 Å². The molecule has 0 unspecified atom stereocenters. The fourth-order valence-corrected chi connectivity index (χ4v) is 3.71. The summed E-state index contributed by atoms with van der Waals surface area (Å²) in [6, 6.07) is 16.4. The molecule has 10 heteroatoms. The number of nitrogens with zero attached hydrogens (tertiary/aromatic N) is 3. The van der Waals surface area contributed by atoms with Crippen molar-refractivity contribution in [1.82, 2.24) is 14.7 Å². The highest BCUT2D eigenvalue weighted by Crippen LogP contribution is 2.45. The number of benzene rings is 2. The molecule has 8 nitrogen and oxygen atoms in total. The summed E-state index contributed by atoms with van der Waals surface area (Å²) in [4.78, 5) is 29.7. The van der Waals surface area contributed by atoms with E-state index in [1.807, 2.05) is 0 Å². The molecule has 2 aromatic carbocycles. The number of alkyl halides is 2. The van der Waals surface area contributed by atoms with Crippen molar-refractivity contribution >= 4 is 11.6 Å². The Morgan fingerprint density at radius 2 is 1.68 bits per heavy atom. The van der Waals surface area contributed by atoms with Crippen molar-refractivity contribution in [3.63, 3.8) is 0 Å². The first-order valence-electron chi connectivity index (χ1n) is 10.2. The molecule has 0 radical (unpaired) electrons. The molecule has 4 rings (SSSR count). The van der Waals surface area contributed by atoms with Crippen LogP contribution in [0.5, 0.6) is 5.75 Å². The molecule has 0 fully saturated rings. The van der Waals surface area contributed by atoms with Crippen molar-refractivity contribution < 1.29 is 22.8 Å². The van der Waals surface area contributed by atoms with Crippen molar-refractivity contribution in [3.8, 4) is 5.75 Å². The van der Waals surface area contributed by atoms with Gasteiger partial charge in [-0.05, 0) is 11.1 Å². The minimum Gasteiger partial charge on any atom is -0.489 e. The standard InChI is InChI=1S/C24H20F2N4O4/c1-30-22(32)20(33-2)19(21(31)28-17-13-27-34-14-17)29-23(30)24(25,26)18(15-9-5-3-6-10-15)16-11-7-4-8-12-16/h3-14,18H,1-2H3,(H,28,31). The number of hydrogen-bond acceptors (Lipinski definition) is 6. The van der Waals surface area contributed by atoms with E-state index in [4.69, 9.17) is 4.74 Å². The van der Waals surface area contributed by atoms with Gasteiger partial charge in [0.2, 0.25) is 5.75 Å². The van der Waals surface area contributed by atoms with Crippen LogP contribution in [-0.4, -0.2) is 27.7 Å². The number of carbonyl (C=O) groups is 1. The summed E-state index contributed by atoms with van der Waals surface area (Å²) in [5, 5.41) is 5.86. The van der Waals surface area contributed by atoms with Gasteiger partial charge in [0, 0.05) is 7.05 Å². The lowest BCUT2D eigenvalue weighted by Crippen LogP contribution is -2.36. The zero-order chi connectivity index (χ0) is 24.3. The Morgan fingerprint density at radius 3 is 2.18 bits per heavy atom. The maximum Gasteiger partial charge on any atom is 0.315 e. The molecule has 0 aliphatic rings. The van der Waals surface area contributed by atoms with E-state index in [2.05, 4.69) is 20.0 Å². The number of amides is 1. The van der Waals surface area contributed by atoms with E-state index in [1.165, 1.54) is 6.20 Å². The number of nitrogens with one attached hydrogen (secondary N) is 1. The summed E-state index contributed by atoms with van der Waals surface area (Å²) in [6.45, 7) is 0. The molecular formula is C24H20F2N4O4. The van der Waals surface area contributed by atoms with Gasteiger partial charge in [-0.25, -0.2) is 4.98 Å². The molecular weight excluding hydrogens is 446 g/mol. The van der Waals surface area contributed by atoms with Gasteiger partial charge in [-0.1, -0.05) is 65.8 Å². The molecule has 1 amide bonds. The SMILES string of the molecule is COc1c(C(=O)Nc2cnoc2)nc(C(F)(F)C(c2ccccc2)c2ccccc2)n(C)c1=O. The molecule has 2 heterocycles. The van der Waals surface area contributed by atoms with Crippen LogP contribution in [0.2, 0.25) is 0 Å². The lowest BCUT2D eigenvalue weighted by atomic mass is 9.85. The molecule has 4 aromatic rings. The molecule has 0 atom stereocenters. The number of halogens is 2. The average Bonchev–Trinajstić information content (AvgIpc) is 3.35. The van der Waals surface area contributed by atoms with E-state index in [0.29, 0.717) is 15.7 Å². The first-order chi connectivity index (χ1) is 16.3. The molecule has 2 aromatic heterocycles. The van der Waals surface area contributed by atoms with Crippen LogP contribution in [-0.2, 0) is 13.0 Å². The Kier molecular flexibility index (Phi) is 6.22. The summed E-state index contributed by atoms with van der Waals surface area (Å²) in [5.41, 5.74) is -0.711. The van der Waals surface area contributed by atoms with Gasteiger partial charge >= 0.3 is 5.92 Å². The van der Waals surface area contributed by atoms with Gasteiger partial charge in [0.1, 0.15) is 12.0 Å². The number of aromatic nitrogens is 3. The Bertz CT molecular complexity index is 1300. The lowest BCUT2D eigenvalue weighted by Gasteiger charge is -2.29. The summed E-state index contributed by atoms with van der Waals surface area (Å²) >= 11 is 0. The van der Waals surface area contributed by atoms with Gasteiger partial charge in [0.05, 0.1) is 19.2 Å². The maximum absolute atomic E-state index is 16.3. The van der Waals surface area contributed by atoms with E-state index < -0.39 is 40.6 Å². The topological polar surface area (TPSA) is 99.2 Å². The van der Waals surface area contributed by atoms with E-state index in [-0.39, 0.29) is 5.69 Å². The largest absolute Gasteiger partial charge is 0.489 e. The Morgan fingerprint density at radius 1 is 1.09 bits per heavy atom. The normalized spacial score (nSPS) is 11.4. The van der Waals surface area contributed by atoms with Gasteiger partial charge in [-0.2, -0.15) is 8.78 Å². The van der Waals surface area contributed by atoms with Crippen LogP contribution in [0.25, 0.3) is 0 Å². The summed E-state index contributed by atoms with van der Waals surface area (Å²) in [7, 11) is 2.32. The van der Waals surface area contributed by atoms with E-state index in [1.54, 1.807) is 60.7 Å². The number of anilines is 1. The number of methoxy groups -OCH3 is 1. The van der Waals surface area contributed by atoms with Crippen molar-refractivity contribution in [1.29, 1.82) is 0 Å². The van der Waals surface area contributed by atoms with E-state index in [9.17, 15) is 9.59 Å². The van der Waals surface area contributed by atoms with Crippen LogP contribution in [0, 0.1) is 0 Å². The highest BCUT2D eigenvalue weighted by atomic mass is 19.3. The highest BCUT2D eigenvalue weighted by molar-refractivity contribution is 6.04. The zero-order valence-electron chi connectivity index (χ0n) is 18.2. The number of carbonyl (C=O) groups excluding carboxylic acids is 1. The first-order valence-corrected chi connectivity index (χ1v) is 10.2. The fourth-order valence-electron chi connectivity index (χ4n) is 3.71. The Balaban J connectivity index is 1.89. The summed E-state index contributed by atoms with van der Waals surface area (Å²) in [5.74, 6) is -7.44. The molecule has 0 saturated carbocycles. The van der Waals surface area contributed by atoms with Crippen LogP contribution in [0.15, 0.2) is 82.4 Å². The van der Waals surface area contributed by atoms with E-state index in [0.717, 1.165) is 20.4 Å². The van der Waals surface area contributed by atoms with Crippen molar-refractivity contribution in [3.05, 3.63) is 106 Å². The van der Waals surface area contributed by atoms with Gasteiger partial charge in [0.15, 0.2) is 11.5 Å². The second-order valence-corrected chi connectivity index (χ2v) is 7.43. The number of rotatable bonds is 7. The second kappa shape index (κ2) is 9.26. The second-order valence-electron chi connectivity index (χ2n) is 7.43.